The molecule has 0 aromatic heterocycles. The summed E-state index contributed by atoms with van der Waals surface area (Å²) in [5.41, 5.74) is 7.76. The summed E-state index contributed by atoms with van der Waals surface area (Å²) in [7, 11) is 0. The maximum absolute atomic E-state index is 14.7. The van der Waals surface area contributed by atoms with Crippen LogP contribution in [0.5, 0.6) is 0 Å². The Morgan fingerprint density at radius 3 is 1.92 bits per heavy atom. The first kappa shape index (κ1) is 24.6. The molecule has 36 heavy (non-hydrogen) atoms. The maximum atomic E-state index is 14.7. The summed E-state index contributed by atoms with van der Waals surface area (Å²) in [5, 5.41) is 0. The Balaban J connectivity index is 1.57. The number of alkyl halides is 2. The van der Waals surface area contributed by atoms with E-state index >= 15 is 0 Å². The fourth-order valence-corrected chi connectivity index (χ4v) is 5.85. The number of halogens is 2. The van der Waals surface area contributed by atoms with Gasteiger partial charge < -0.3 is 10.6 Å². The van der Waals surface area contributed by atoms with Gasteiger partial charge in [0.2, 0.25) is 5.91 Å². The van der Waals surface area contributed by atoms with E-state index in [2.05, 4.69) is 6.92 Å². The monoisotopic (exact) mass is 488 g/mol. The Labute approximate surface area is 212 Å². The van der Waals surface area contributed by atoms with Crippen molar-refractivity contribution in [3.63, 3.8) is 0 Å². The van der Waals surface area contributed by atoms with Crippen LogP contribution in [0.2, 0.25) is 0 Å². The molecule has 3 aromatic rings. The molecule has 5 heteroatoms. The van der Waals surface area contributed by atoms with Crippen LogP contribution in [-0.2, 0) is 22.7 Å². The normalized spacial score (nSPS) is 24.4. The van der Waals surface area contributed by atoms with Crippen LogP contribution in [0.4, 0.5) is 8.78 Å². The number of likely N-dealkylation sites (tertiary alicyclic amines) is 1. The number of hydrogen-bond donors (Lipinski definition) is 1. The molecule has 2 N–H and O–H groups in total. The van der Waals surface area contributed by atoms with Gasteiger partial charge in [0.25, 0.3) is 5.92 Å². The molecule has 2 atom stereocenters. The SMILES string of the molecule is CC1CCC(C)(N)N(Cc2ccc(C(F)(F)C3CC3)cc2)C(=O)C1(c1ccccc1)c1ccccc1. The van der Waals surface area contributed by atoms with Crippen molar-refractivity contribution in [1.29, 1.82) is 0 Å². The Morgan fingerprint density at radius 1 is 0.889 bits per heavy atom. The van der Waals surface area contributed by atoms with Gasteiger partial charge in [0, 0.05) is 18.0 Å². The second-order valence-electron chi connectivity index (χ2n) is 10.8. The second-order valence-corrected chi connectivity index (χ2v) is 10.8. The fraction of sp³-hybridized carbons (Fsp3) is 0.387. The predicted molar refractivity (Wildman–Crippen MR) is 138 cm³/mol. The van der Waals surface area contributed by atoms with E-state index in [1.807, 2.05) is 67.6 Å². The van der Waals surface area contributed by atoms with E-state index in [4.69, 9.17) is 5.73 Å². The Morgan fingerprint density at radius 2 is 1.42 bits per heavy atom. The number of rotatable bonds is 6. The zero-order valence-electron chi connectivity index (χ0n) is 21.0. The van der Waals surface area contributed by atoms with Crippen molar-refractivity contribution in [1.82, 2.24) is 4.90 Å². The van der Waals surface area contributed by atoms with Crippen LogP contribution in [0.15, 0.2) is 84.9 Å². The van der Waals surface area contributed by atoms with E-state index in [1.165, 1.54) is 12.1 Å². The maximum Gasteiger partial charge on any atom is 0.276 e. The predicted octanol–water partition coefficient (Wildman–Crippen LogP) is 6.61. The van der Waals surface area contributed by atoms with Crippen LogP contribution >= 0.6 is 0 Å². The molecule has 5 rings (SSSR count). The zero-order chi connectivity index (χ0) is 25.6. The molecule has 0 bridgehead atoms. The molecular formula is C31H34F2N2O. The largest absolute Gasteiger partial charge is 0.320 e. The third-order valence-electron chi connectivity index (χ3n) is 8.25. The smallest absolute Gasteiger partial charge is 0.276 e. The number of benzene rings is 3. The van der Waals surface area contributed by atoms with Gasteiger partial charge in [-0.3, -0.25) is 4.79 Å². The van der Waals surface area contributed by atoms with Gasteiger partial charge in [-0.05, 0) is 55.2 Å². The number of nitrogens with two attached hydrogens (primary N) is 1. The van der Waals surface area contributed by atoms with Gasteiger partial charge in [0.15, 0.2) is 0 Å². The first-order valence-electron chi connectivity index (χ1n) is 12.9. The third-order valence-corrected chi connectivity index (χ3v) is 8.25. The Bertz CT molecular complexity index is 1160. The van der Waals surface area contributed by atoms with E-state index in [9.17, 15) is 13.6 Å². The van der Waals surface area contributed by atoms with Gasteiger partial charge in [-0.25, -0.2) is 8.78 Å². The van der Waals surface area contributed by atoms with Crippen molar-refractivity contribution in [2.24, 2.45) is 17.6 Å². The number of carbonyl (C=O) groups excluding carboxylic acids is 1. The molecule has 3 nitrogen and oxygen atoms in total. The summed E-state index contributed by atoms with van der Waals surface area (Å²) >= 11 is 0. The minimum Gasteiger partial charge on any atom is -0.320 e. The van der Waals surface area contributed by atoms with Gasteiger partial charge in [0.1, 0.15) is 5.41 Å². The number of carbonyl (C=O) groups is 1. The summed E-state index contributed by atoms with van der Waals surface area (Å²) in [5.74, 6) is -3.41. The van der Waals surface area contributed by atoms with Gasteiger partial charge in [-0.2, -0.15) is 0 Å². The van der Waals surface area contributed by atoms with Crippen LogP contribution in [0.1, 0.15) is 61.8 Å². The van der Waals surface area contributed by atoms with Crippen molar-refractivity contribution < 1.29 is 13.6 Å². The van der Waals surface area contributed by atoms with Crippen molar-refractivity contribution >= 4 is 5.91 Å². The van der Waals surface area contributed by atoms with E-state index in [0.29, 0.717) is 19.3 Å². The first-order chi connectivity index (χ1) is 17.2. The molecular weight excluding hydrogens is 454 g/mol. The molecule has 0 radical (unpaired) electrons. The van der Waals surface area contributed by atoms with Crippen LogP contribution in [0, 0.1) is 11.8 Å². The number of amides is 1. The molecule has 188 valence electrons. The Kier molecular flexibility index (Phi) is 6.24. The molecule has 0 spiro atoms. The lowest BCUT2D eigenvalue weighted by molar-refractivity contribution is -0.142. The van der Waals surface area contributed by atoms with Crippen molar-refractivity contribution in [2.75, 3.05) is 0 Å². The van der Waals surface area contributed by atoms with Gasteiger partial charge >= 0.3 is 0 Å². The summed E-state index contributed by atoms with van der Waals surface area (Å²) in [6, 6.07) is 26.3. The highest BCUT2D eigenvalue weighted by molar-refractivity contribution is 5.93. The molecule has 1 amide bonds. The lowest BCUT2D eigenvalue weighted by atomic mass is 9.64. The Hall–Kier alpha value is -3.05. The minimum atomic E-state index is -2.80. The molecule has 1 saturated heterocycles. The lowest BCUT2D eigenvalue weighted by Gasteiger charge is -2.43. The molecule has 1 aliphatic carbocycles. The summed E-state index contributed by atoms with van der Waals surface area (Å²) in [4.78, 5) is 16.5. The van der Waals surface area contributed by atoms with E-state index in [-0.39, 0.29) is 23.9 Å². The van der Waals surface area contributed by atoms with Crippen LogP contribution in [-0.4, -0.2) is 16.5 Å². The van der Waals surface area contributed by atoms with Crippen molar-refractivity contribution in [3.8, 4) is 0 Å². The van der Waals surface area contributed by atoms with Crippen LogP contribution in [0.3, 0.4) is 0 Å². The van der Waals surface area contributed by atoms with E-state index < -0.39 is 22.9 Å². The van der Waals surface area contributed by atoms with Gasteiger partial charge in [-0.1, -0.05) is 91.9 Å². The molecule has 2 aliphatic rings. The highest BCUT2D eigenvalue weighted by atomic mass is 19.3. The average molecular weight is 489 g/mol. The zero-order valence-corrected chi connectivity index (χ0v) is 21.0. The summed E-state index contributed by atoms with van der Waals surface area (Å²) in [6.07, 6.45) is 2.55. The average Bonchev–Trinajstić information content (AvgIpc) is 3.74. The lowest BCUT2D eigenvalue weighted by Crippen LogP contribution is -2.59. The number of nitrogens with zero attached hydrogens (tertiary/aromatic N) is 1. The van der Waals surface area contributed by atoms with Gasteiger partial charge in [0.05, 0.1) is 5.66 Å². The molecule has 1 aliphatic heterocycles. The first-order valence-corrected chi connectivity index (χ1v) is 12.9. The fourth-order valence-electron chi connectivity index (χ4n) is 5.85. The minimum absolute atomic E-state index is 0.00212. The highest BCUT2D eigenvalue weighted by Gasteiger charge is 2.53. The van der Waals surface area contributed by atoms with Crippen LogP contribution < -0.4 is 5.73 Å². The molecule has 2 unspecified atom stereocenters. The van der Waals surface area contributed by atoms with Crippen molar-refractivity contribution in [3.05, 3.63) is 107 Å². The summed E-state index contributed by atoms with van der Waals surface area (Å²) < 4.78 is 29.2. The topological polar surface area (TPSA) is 46.3 Å². The molecule has 2 fully saturated rings. The van der Waals surface area contributed by atoms with Crippen LogP contribution in [0.25, 0.3) is 0 Å². The van der Waals surface area contributed by atoms with Gasteiger partial charge in [-0.15, -0.1) is 0 Å². The standard InChI is InChI=1S/C31H34F2N2O/c1-22-19-20-29(2,34)35(21-23-13-15-26(16-14-23)31(32,33)27-17-18-27)28(36)30(22,24-9-5-3-6-10-24)25-11-7-4-8-12-25/h3-16,22,27H,17-21,34H2,1-2H3. The van der Waals surface area contributed by atoms with Crippen molar-refractivity contribution in [2.45, 2.75) is 63.1 Å². The van der Waals surface area contributed by atoms with E-state index in [0.717, 1.165) is 23.1 Å². The van der Waals surface area contributed by atoms with E-state index in [1.54, 1.807) is 17.0 Å². The number of hydrogen-bond acceptors (Lipinski definition) is 2. The second kappa shape index (κ2) is 9.11. The molecule has 1 saturated carbocycles. The third kappa shape index (κ3) is 4.13. The summed E-state index contributed by atoms with van der Waals surface area (Å²) in [6.45, 7) is 4.29. The highest BCUT2D eigenvalue weighted by Crippen LogP contribution is 2.50. The quantitative estimate of drug-likeness (QED) is 0.424. The molecule has 1 heterocycles. The molecule has 3 aromatic carbocycles.